The maximum atomic E-state index is 14.5. The third-order valence-corrected chi connectivity index (χ3v) is 6.29. The van der Waals surface area contributed by atoms with Crippen LogP contribution in [0.25, 0.3) is 11.3 Å². The van der Waals surface area contributed by atoms with Crippen molar-refractivity contribution in [3.8, 4) is 17.0 Å². The van der Waals surface area contributed by atoms with Crippen LogP contribution in [0.4, 0.5) is 8.78 Å². The van der Waals surface area contributed by atoms with Crippen molar-refractivity contribution < 1.29 is 26.7 Å². The quantitative estimate of drug-likeness (QED) is 0.728. The van der Waals surface area contributed by atoms with Gasteiger partial charge in [0, 0.05) is 30.4 Å². The van der Waals surface area contributed by atoms with E-state index < -0.39 is 26.9 Å². The first kappa shape index (κ1) is 20.7. The van der Waals surface area contributed by atoms with E-state index in [0.717, 1.165) is 6.20 Å². The highest BCUT2D eigenvalue weighted by Gasteiger charge is 2.40. The van der Waals surface area contributed by atoms with E-state index >= 15 is 0 Å². The third-order valence-electron chi connectivity index (χ3n) is 5.11. The van der Waals surface area contributed by atoms with Gasteiger partial charge in [0.25, 0.3) is 0 Å². The Morgan fingerprint density at radius 2 is 2.07 bits per heavy atom. The molecule has 28 heavy (non-hydrogen) atoms. The van der Waals surface area contributed by atoms with E-state index in [-0.39, 0.29) is 23.8 Å². The minimum absolute atomic E-state index is 0.0565. The van der Waals surface area contributed by atoms with Crippen molar-refractivity contribution in [1.29, 1.82) is 0 Å². The highest BCUT2D eigenvalue weighted by Crippen LogP contribution is 2.37. The Kier molecular flexibility index (Phi) is 6.00. The summed E-state index contributed by atoms with van der Waals surface area (Å²) in [5, 5.41) is 0. The molecule has 0 saturated carbocycles. The van der Waals surface area contributed by atoms with Crippen molar-refractivity contribution in [3.63, 3.8) is 0 Å². The van der Waals surface area contributed by atoms with Gasteiger partial charge in [-0.3, -0.25) is 4.98 Å². The molecular formula is C20H23F2NO4S. The Morgan fingerprint density at radius 1 is 1.29 bits per heavy atom. The Hall–Kier alpha value is -2.06. The smallest absolute Gasteiger partial charge is 0.148 e. The van der Waals surface area contributed by atoms with Gasteiger partial charge in [-0.1, -0.05) is 6.92 Å². The van der Waals surface area contributed by atoms with Gasteiger partial charge in [0.1, 0.15) is 27.2 Å². The molecule has 0 bridgehead atoms. The summed E-state index contributed by atoms with van der Waals surface area (Å²) in [7, 11) is -3.15. The molecule has 8 heteroatoms. The second kappa shape index (κ2) is 8.13. The number of hydrogen-bond donors (Lipinski definition) is 0. The number of halogens is 2. The van der Waals surface area contributed by atoms with Crippen LogP contribution in [-0.2, 0) is 14.6 Å². The summed E-state index contributed by atoms with van der Waals surface area (Å²) in [6, 6.07) is 7.01. The summed E-state index contributed by atoms with van der Waals surface area (Å²) in [6.45, 7) is 3.05. The van der Waals surface area contributed by atoms with Gasteiger partial charge in [0.2, 0.25) is 0 Å². The van der Waals surface area contributed by atoms with Crippen LogP contribution in [-0.4, -0.2) is 45.2 Å². The van der Waals surface area contributed by atoms with Crippen LogP contribution in [0.1, 0.15) is 13.3 Å². The second-order valence-electron chi connectivity index (χ2n) is 7.56. The number of nitrogens with zero attached hydrogens (tertiary/aromatic N) is 1. The first-order chi connectivity index (χ1) is 13.2. The SMILES string of the molecule is C[C@@]1(CS(C)(=O)=O)CCOC[C@@H]1COc1ccc(-c2ccc(F)cn2)c(F)c1. The Bertz CT molecular complexity index is 934. The molecule has 0 N–H and O–H groups in total. The fourth-order valence-electron chi connectivity index (χ4n) is 3.50. The number of pyridine rings is 1. The van der Waals surface area contributed by atoms with Gasteiger partial charge in [0.05, 0.1) is 30.9 Å². The van der Waals surface area contributed by atoms with Crippen molar-refractivity contribution in [1.82, 2.24) is 4.98 Å². The highest BCUT2D eigenvalue weighted by molar-refractivity contribution is 7.90. The van der Waals surface area contributed by atoms with Crippen molar-refractivity contribution in [2.75, 3.05) is 31.8 Å². The molecular weight excluding hydrogens is 388 g/mol. The summed E-state index contributed by atoms with van der Waals surface area (Å²) >= 11 is 0. The molecule has 152 valence electrons. The van der Waals surface area contributed by atoms with Crippen molar-refractivity contribution in [3.05, 3.63) is 48.2 Å². The highest BCUT2D eigenvalue weighted by atomic mass is 32.2. The Balaban J connectivity index is 1.71. The minimum atomic E-state index is -3.15. The largest absolute Gasteiger partial charge is 0.493 e. The Labute approximate surface area is 163 Å². The molecule has 1 fully saturated rings. The Morgan fingerprint density at radius 3 is 2.71 bits per heavy atom. The lowest BCUT2D eigenvalue weighted by molar-refractivity contribution is -0.0391. The lowest BCUT2D eigenvalue weighted by Gasteiger charge is -2.40. The summed E-state index contributed by atoms with van der Waals surface area (Å²) in [4.78, 5) is 3.88. The predicted octanol–water partition coefficient (Wildman–Crippen LogP) is 3.49. The topological polar surface area (TPSA) is 65.5 Å². The molecule has 1 aromatic carbocycles. The molecule has 0 radical (unpaired) electrons. The molecule has 0 aliphatic carbocycles. The van der Waals surface area contributed by atoms with Gasteiger partial charge in [-0.05, 0) is 36.1 Å². The zero-order valence-corrected chi connectivity index (χ0v) is 16.6. The number of sulfone groups is 1. The number of hydrogen-bond acceptors (Lipinski definition) is 5. The summed E-state index contributed by atoms with van der Waals surface area (Å²) in [5.41, 5.74) is 0.115. The van der Waals surface area contributed by atoms with E-state index in [4.69, 9.17) is 9.47 Å². The van der Waals surface area contributed by atoms with Crippen molar-refractivity contribution >= 4 is 9.84 Å². The van der Waals surface area contributed by atoms with Crippen LogP contribution >= 0.6 is 0 Å². The maximum absolute atomic E-state index is 14.5. The molecule has 0 amide bonds. The van der Waals surface area contributed by atoms with E-state index in [0.29, 0.717) is 31.1 Å². The molecule has 0 spiro atoms. The van der Waals surface area contributed by atoms with Gasteiger partial charge in [-0.2, -0.15) is 0 Å². The molecule has 5 nitrogen and oxygen atoms in total. The third kappa shape index (κ3) is 5.05. The van der Waals surface area contributed by atoms with Gasteiger partial charge >= 0.3 is 0 Å². The molecule has 1 aliphatic heterocycles. The lowest BCUT2D eigenvalue weighted by Crippen LogP contribution is -2.44. The zero-order chi connectivity index (χ0) is 20.4. The molecule has 1 aliphatic rings. The standard InChI is InChI=1S/C20H23F2NO4S/c1-20(13-28(2,24)25)7-8-26-11-14(20)12-27-16-4-5-17(18(22)9-16)19-6-3-15(21)10-23-19/h3-6,9-10,14H,7-8,11-13H2,1-2H3/t14-,20+/m1/s1. The van der Waals surface area contributed by atoms with E-state index in [1.165, 1.54) is 30.5 Å². The van der Waals surface area contributed by atoms with Gasteiger partial charge < -0.3 is 9.47 Å². The predicted molar refractivity (Wildman–Crippen MR) is 102 cm³/mol. The van der Waals surface area contributed by atoms with E-state index in [1.807, 2.05) is 6.92 Å². The lowest BCUT2D eigenvalue weighted by atomic mass is 9.75. The van der Waals surface area contributed by atoms with Crippen LogP contribution in [0, 0.1) is 23.0 Å². The number of aromatic nitrogens is 1. The summed E-state index contributed by atoms with van der Waals surface area (Å²) in [5.74, 6) is -0.763. The summed E-state index contributed by atoms with van der Waals surface area (Å²) < 4.78 is 62.3. The van der Waals surface area contributed by atoms with E-state index in [9.17, 15) is 17.2 Å². The minimum Gasteiger partial charge on any atom is -0.493 e. The molecule has 0 unspecified atom stereocenters. The molecule has 2 aromatic rings. The first-order valence-electron chi connectivity index (χ1n) is 8.96. The first-order valence-corrected chi connectivity index (χ1v) is 11.0. The zero-order valence-electron chi connectivity index (χ0n) is 15.8. The molecule has 1 saturated heterocycles. The number of rotatable bonds is 6. The molecule has 3 rings (SSSR count). The van der Waals surface area contributed by atoms with Crippen LogP contribution in [0.15, 0.2) is 36.5 Å². The molecule has 2 heterocycles. The fourth-order valence-corrected chi connectivity index (χ4v) is 5.08. The average molecular weight is 411 g/mol. The number of ether oxygens (including phenoxy) is 2. The molecule has 2 atom stereocenters. The van der Waals surface area contributed by atoms with Gasteiger partial charge in [-0.25, -0.2) is 17.2 Å². The van der Waals surface area contributed by atoms with E-state index in [1.54, 1.807) is 6.07 Å². The summed E-state index contributed by atoms with van der Waals surface area (Å²) in [6.07, 6.45) is 2.88. The van der Waals surface area contributed by atoms with Crippen molar-refractivity contribution in [2.45, 2.75) is 13.3 Å². The van der Waals surface area contributed by atoms with Crippen LogP contribution < -0.4 is 4.74 Å². The van der Waals surface area contributed by atoms with Gasteiger partial charge in [0.15, 0.2) is 0 Å². The normalized spacial score (nSPS) is 22.8. The maximum Gasteiger partial charge on any atom is 0.148 e. The average Bonchev–Trinajstić information content (AvgIpc) is 2.60. The fraction of sp³-hybridized carbons (Fsp3) is 0.450. The van der Waals surface area contributed by atoms with Crippen molar-refractivity contribution in [2.24, 2.45) is 11.3 Å². The monoisotopic (exact) mass is 411 g/mol. The van der Waals surface area contributed by atoms with Crippen LogP contribution in [0.2, 0.25) is 0 Å². The second-order valence-corrected chi connectivity index (χ2v) is 9.70. The van der Waals surface area contributed by atoms with Crippen LogP contribution in [0.3, 0.4) is 0 Å². The molecule has 1 aromatic heterocycles. The van der Waals surface area contributed by atoms with E-state index in [2.05, 4.69) is 4.98 Å². The van der Waals surface area contributed by atoms with Crippen LogP contribution in [0.5, 0.6) is 5.75 Å². The number of benzene rings is 1. The van der Waals surface area contributed by atoms with Gasteiger partial charge in [-0.15, -0.1) is 0 Å².